The smallest absolute Gasteiger partial charge is 0.406 e. The SMILES string of the molecule is FC(F)(F)Oc1cccc(-c2ccc(Cl)cn2)c1. The molecule has 0 aliphatic rings. The largest absolute Gasteiger partial charge is 0.573 e. The second kappa shape index (κ2) is 4.86. The van der Waals surface area contributed by atoms with Gasteiger partial charge in [0.05, 0.1) is 10.7 Å². The molecule has 0 atom stereocenters. The van der Waals surface area contributed by atoms with Gasteiger partial charge in [-0.05, 0) is 24.3 Å². The maximum Gasteiger partial charge on any atom is 0.573 e. The molecule has 1 aromatic carbocycles. The standard InChI is InChI=1S/C12H7ClF3NO/c13-9-4-5-11(17-7-9)8-2-1-3-10(6-8)18-12(14,15)16/h1-7H. The van der Waals surface area contributed by atoms with Crippen molar-refractivity contribution in [2.75, 3.05) is 0 Å². The van der Waals surface area contributed by atoms with Crippen LogP contribution in [0.2, 0.25) is 5.02 Å². The van der Waals surface area contributed by atoms with Gasteiger partial charge >= 0.3 is 6.36 Å². The number of alkyl halides is 3. The van der Waals surface area contributed by atoms with Gasteiger partial charge in [-0.1, -0.05) is 23.7 Å². The van der Waals surface area contributed by atoms with Crippen molar-refractivity contribution in [3.63, 3.8) is 0 Å². The van der Waals surface area contributed by atoms with E-state index in [0.717, 1.165) is 0 Å². The lowest BCUT2D eigenvalue weighted by atomic mass is 10.1. The molecule has 0 aliphatic heterocycles. The lowest BCUT2D eigenvalue weighted by molar-refractivity contribution is -0.274. The van der Waals surface area contributed by atoms with Crippen LogP contribution >= 0.6 is 11.6 Å². The molecule has 6 heteroatoms. The van der Waals surface area contributed by atoms with Crippen LogP contribution in [0.15, 0.2) is 42.6 Å². The second-order valence-electron chi connectivity index (χ2n) is 3.44. The molecule has 0 unspecified atom stereocenters. The third kappa shape index (κ3) is 3.37. The van der Waals surface area contributed by atoms with Crippen molar-refractivity contribution in [1.29, 1.82) is 0 Å². The summed E-state index contributed by atoms with van der Waals surface area (Å²) >= 11 is 5.68. The number of hydrogen-bond donors (Lipinski definition) is 0. The van der Waals surface area contributed by atoms with Crippen LogP contribution in [0.1, 0.15) is 0 Å². The quantitative estimate of drug-likeness (QED) is 0.814. The topological polar surface area (TPSA) is 22.1 Å². The second-order valence-corrected chi connectivity index (χ2v) is 3.87. The van der Waals surface area contributed by atoms with Crippen molar-refractivity contribution in [3.8, 4) is 17.0 Å². The summed E-state index contributed by atoms with van der Waals surface area (Å²) in [5.74, 6) is -0.281. The number of ether oxygens (including phenoxy) is 1. The Bertz CT molecular complexity index is 540. The zero-order chi connectivity index (χ0) is 13.2. The highest BCUT2D eigenvalue weighted by Gasteiger charge is 2.31. The summed E-state index contributed by atoms with van der Waals surface area (Å²) in [6.45, 7) is 0. The normalized spacial score (nSPS) is 11.3. The van der Waals surface area contributed by atoms with E-state index in [1.54, 1.807) is 18.2 Å². The number of rotatable bonds is 2. The molecule has 0 amide bonds. The fraction of sp³-hybridized carbons (Fsp3) is 0.0833. The average Bonchev–Trinajstić information content (AvgIpc) is 2.28. The minimum absolute atomic E-state index is 0.281. The third-order valence-corrected chi connectivity index (χ3v) is 2.31. The Morgan fingerprint density at radius 2 is 1.89 bits per heavy atom. The Hall–Kier alpha value is -1.75. The van der Waals surface area contributed by atoms with E-state index in [2.05, 4.69) is 9.72 Å². The summed E-state index contributed by atoms with van der Waals surface area (Å²) in [6.07, 6.45) is -3.28. The molecule has 94 valence electrons. The molecular formula is C12H7ClF3NO. The first-order chi connectivity index (χ1) is 8.44. The summed E-state index contributed by atoms with van der Waals surface area (Å²) in [7, 11) is 0. The van der Waals surface area contributed by atoms with Crippen LogP contribution in [-0.2, 0) is 0 Å². The first-order valence-corrected chi connectivity index (χ1v) is 5.29. The van der Waals surface area contributed by atoms with E-state index in [9.17, 15) is 13.2 Å². The Kier molecular flexibility index (Phi) is 3.43. The molecule has 0 radical (unpaired) electrons. The van der Waals surface area contributed by atoms with E-state index in [1.165, 1.54) is 24.4 Å². The molecule has 0 bridgehead atoms. The maximum absolute atomic E-state index is 12.1. The number of hydrogen-bond acceptors (Lipinski definition) is 2. The number of nitrogens with zero attached hydrogens (tertiary/aromatic N) is 1. The highest BCUT2D eigenvalue weighted by molar-refractivity contribution is 6.30. The van der Waals surface area contributed by atoms with Crippen molar-refractivity contribution in [3.05, 3.63) is 47.6 Å². The number of aromatic nitrogens is 1. The average molecular weight is 274 g/mol. The van der Waals surface area contributed by atoms with Crippen LogP contribution in [0.4, 0.5) is 13.2 Å². The molecule has 18 heavy (non-hydrogen) atoms. The molecule has 0 spiro atoms. The maximum atomic E-state index is 12.1. The molecule has 2 rings (SSSR count). The molecule has 0 aliphatic carbocycles. The monoisotopic (exact) mass is 273 g/mol. The molecule has 0 saturated heterocycles. The Balaban J connectivity index is 2.29. The minimum Gasteiger partial charge on any atom is -0.406 e. The Morgan fingerprint density at radius 3 is 2.50 bits per heavy atom. The summed E-state index contributed by atoms with van der Waals surface area (Å²) in [5.41, 5.74) is 1.04. The van der Waals surface area contributed by atoms with E-state index < -0.39 is 6.36 Å². The van der Waals surface area contributed by atoms with E-state index in [0.29, 0.717) is 16.3 Å². The highest BCUT2D eigenvalue weighted by atomic mass is 35.5. The molecule has 0 N–H and O–H groups in total. The lowest BCUT2D eigenvalue weighted by Crippen LogP contribution is -2.17. The van der Waals surface area contributed by atoms with Gasteiger partial charge in [0.15, 0.2) is 0 Å². The predicted molar refractivity (Wildman–Crippen MR) is 61.4 cm³/mol. The summed E-state index contributed by atoms with van der Waals surface area (Å²) in [6, 6.07) is 8.83. The van der Waals surface area contributed by atoms with Crippen molar-refractivity contribution in [2.24, 2.45) is 0 Å². The lowest BCUT2D eigenvalue weighted by Gasteiger charge is -2.09. The van der Waals surface area contributed by atoms with Crippen LogP contribution < -0.4 is 4.74 Å². The molecule has 0 saturated carbocycles. The van der Waals surface area contributed by atoms with Crippen LogP contribution in [0, 0.1) is 0 Å². The van der Waals surface area contributed by atoms with Gasteiger partial charge < -0.3 is 4.74 Å². The van der Waals surface area contributed by atoms with Crippen LogP contribution in [0.3, 0.4) is 0 Å². The van der Waals surface area contributed by atoms with Crippen LogP contribution in [-0.4, -0.2) is 11.3 Å². The van der Waals surface area contributed by atoms with Gasteiger partial charge in [-0.25, -0.2) is 0 Å². The number of benzene rings is 1. The molecule has 1 heterocycles. The fourth-order valence-electron chi connectivity index (χ4n) is 1.40. The molecule has 0 fully saturated rings. The van der Waals surface area contributed by atoms with Gasteiger partial charge in [0.25, 0.3) is 0 Å². The van der Waals surface area contributed by atoms with Gasteiger partial charge in [0.1, 0.15) is 5.75 Å². The Labute approximate surface area is 106 Å². The fourth-order valence-corrected chi connectivity index (χ4v) is 1.51. The molecule has 2 aromatic rings. The van der Waals surface area contributed by atoms with E-state index in [-0.39, 0.29) is 5.75 Å². The van der Waals surface area contributed by atoms with Crippen LogP contribution in [0.25, 0.3) is 11.3 Å². The number of halogens is 4. The number of pyridine rings is 1. The Morgan fingerprint density at radius 1 is 1.11 bits per heavy atom. The molecule has 2 nitrogen and oxygen atoms in total. The predicted octanol–water partition coefficient (Wildman–Crippen LogP) is 4.30. The highest BCUT2D eigenvalue weighted by Crippen LogP contribution is 2.27. The van der Waals surface area contributed by atoms with Gasteiger partial charge in [-0.15, -0.1) is 13.2 Å². The van der Waals surface area contributed by atoms with Crippen molar-refractivity contribution >= 4 is 11.6 Å². The first kappa shape index (κ1) is 12.7. The summed E-state index contributed by atoms with van der Waals surface area (Å²) in [5, 5.41) is 0.460. The van der Waals surface area contributed by atoms with E-state index >= 15 is 0 Å². The van der Waals surface area contributed by atoms with Gasteiger partial charge in [-0.3, -0.25) is 4.98 Å². The van der Waals surface area contributed by atoms with Crippen LogP contribution in [0.5, 0.6) is 5.75 Å². The van der Waals surface area contributed by atoms with Crippen molar-refractivity contribution in [1.82, 2.24) is 4.98 Å². The van der Waals surface area contributed by atoms with Crippen molar-refractivity contribution in [2.45, 2.75) is 6.36 Å². The van der Waals surface area contributed by atoms with Gasteiger partial charge in [0.2, 0.25) is 0 Å². The summed E-state index contributed by atoms with van der Waals surface area (Å²) in [4.78, 5) is 4.02. The van der Waals surface area contributed by atoms with E-state index in [4.69, 9.17) is 11.6 Å². The van der Waals surface area contributed by atoms with Gasteiger partial charge in [0, 0.05) is 11.8 Å². The summed E-state index contributed by atoms with van der Waals surface area (Å²) < 4.78 is 40.1. The minimum atomic E-state index is -4.70. The zero-order valence-corrected chi connectivity index (χ0v) is 9.66. The molecular weight excluding hydrogens is 267 g/mol. The first-order valence-electron chi connectivity index (χ1n) is 4.92. The van der Waals surface area contributed by atoms with Crippen molar-refractivity contribution < 1.29 is 17.9 Å². The third-order valence-electron chi connectivity index (χ3n) is 2.09. The molecule has 1 aromatic heterocycles. The zero-order valence-electron chi connectivity index (χ0n) is 8.91. The van der Waals surface area contributed by atoms with Gasteiger partial charge in [-0.2, -0.15) is 0 Å². The van der Waals surface area contributed by atoms with E-state index in [1.807, 2.05) is 0 Å².